The van der Waals surface area contributed by atoms with Gasteiger partial charge in [-0.15, -0.1) is 5.73 Å². The monoisotopic (exact) mass is 454 g/mol. The molecule has 0 aromatic heterocycles. The zero-order valence-electron chi connectivity index (χ0n) is 19.4. The Bertz CT molecular complexity index is 880. The van der Waals surface area contributed by atoms with Crippen molar-refractivity contribution in [1.29, 1.82) is 0 Å². The van der Waals surface area contributed by atoms with Gasteiger partial charge in [0.1, 0.15) is 22.7 Å². The third-order valence-electron chi connectivity index (χ3n) is 5.80. The Hall–Kier alpha value is -2.40. The van der Waals surface area contributed by atoms with Crippen LogP contribution in [0, 0.1) is 5.92 Å². The van der Waals surface area contributed by atoms with Crippen molar-refractivity contribution >= 4 is 5.97 Å². The summed E-state index contributed by atoms with van der Waals surface area (Å²) in [6.45, 7) is 8.27. The second kappa shape index (κ2) is 10.5. The maximum Gasteiger partial charge on any atom is 0.422 e. The number of carbonyl (C=O) groups is 1. The van der Waals surface area contributed by atoms with E-state index in [2.05, 4.69) is 10.5 Å². The van der Waals surface area contributed by atoms with Crippen LogP contribution >= 0.6 is 0 Å². The van der Waals surface area contributed by atoms with E-state index in [-0.39, 0.29) is 23.1 Å². The molecular weight excluding hydrogens is 421 g/mol. The molecule has 7 heteroatoms. The van der Waals surface area contributed by atoms with Crippen LogP contribution in [0.1, 0.15) is 87.7 Å². The van der Waals surface area contributed by atoms with Gasteiger partial charge in [-0.25, -0.2) is 4.79 Å². The standard InChI is InChI=1S/C23H27F3O4.C2H6/c1-4-5-6-9-14-12-17-19(15-10-7-8-11-16(15)22(2,3)30-17)20(27)18(14)21(28)29-13-23(24,25)26;1-2/h8,10,12,15-16,27H,4-6,9,11,13H2,1-3H3;1-2H3. The summed E-state index contributed by atoms with van der Waals surface area (Å²) in [7, 11) is 0. The Labute approximate surface area is 188 Å². The van der Waals surface area contributed by atoms with E-state index >= 15 is 0 Å². The van der Waals surface area contributed by atoms with Crippen LogP contribution in [-0.4, -0.2) is 29.5 Å². The largest absolute Gasteiger partial charge is 0.507 e. The van der Waals surface area contributed by atoms with Crippen molar-refractivity contribution in [3.63, 3.8) is 0 Å². The number of aryl methyl sites for hydroxylation is 1. The van der Waals surface area contributed by atoms with E-state index in [0.717, 1.165) is 19.3 Å². The fourth-order valence-corrected chi connectivity index (χ4v) is 4.32. The Kier molecular flexibility index (Phi) is 8.47. The molecule has 1 heterocycles. The van der Waals surface area contributed by atoms with Crippen molar-refractivity contribution in [1.82, 2.24) is 0 Å². The third kappa shape index (κ3) is 5.69. The second-order valence-corrected chi connectivity index (χ2v) is 8.43. The summed E-state index contributed by atoms with van der Waals surface area (Å²) in [5.74, 6) is -1.32. The van der Waals surface area contributed by atoms with Gasteiger partial charge in [-0.2, -0.15) is 13.2 Å². The summed E-state index contributed by atoms with van der Waals surface area (Å²) >= 11 is 0. The number of carbonyl (C=O) groups excluding carboxylic acids is 1. The molecule has 0 fully saturated rings. The van der Waals surface area contributed by atoms with Crippen molar-refractivity contribution in [2.45, 2.75) is 84.4 Å². The minimum absolute atomic E-state index is 0.00198. The van der Waals surface area contributed by atoms with Crippen molar-refractivity contribution in [3.05, 3.63) is 40.6 Å². The number of alkyl halides is 3. The molecule has 1 aromatic rings. The lowest BCUT2D eigenvalue weighted by Gasteiger charge is -2.45. The number of ether oxygens (including phenoxy) is 2. The predicted octanol–water partition coefficient (Wildman–Crippen LogP) is 6.86. The van der Waals surface area contributed by atoms with Crippen LogP contribution in [-0.2, 0) is 11.2 Å². The Morgan fingerprint density at radius 2 is 2.00 bits per heavy atom. The average Bonchev–Trinajstić information content (AvgIpc) is 2.73. The lowest BCUT2D eigenvalue weighted by molar-refractivity contribution is -0.161. The van der Waals surface area contributed by atoms with E-state index in [0.29, 0.717) is 29.7 Å². The number of allylic oxidation sites excluding steroid dienone is 1. The molecule has 1 aliphatic heterocycles. The lowest BCUT2D eigenvalue weighted by Crippen LogP contribution is -2.44. The molecule has 2 atom stereocenters. The van der Waals surface area contributed by atoms with Gasteiger partial charge in [0.05, 0.1) is 0 Å². The number of hydrogen-bond acceptors (Lipinski definition) is 4. The third-order valence-corrected chi connectivity index (χ3v) is 5.80. The molecule has 0 spiro atoms. The van der Waals surface area contributed by atoms with Gasteiger partial charge >= 0.3 is 12.1 Å². The number of phenolic OH excluding ortho intramolecular Hbond substituents is 1. The molecule has 1 aromatic carbocycles. The first kappa shape index (κ1) is 25.9. The first-order chi connectivity index (χ1) is 15.0. The Morgan fingerprint density at radius 3 is 2.62 bits per heavy atom. The van der Waals surface area contributed by atoms with Crippen molar-refractivity contribution in [2.75, 3.05) is 6.61 Å². The van der Waals surface area contributed by atoms with E-state index in [9.17, 15) is 23.1 Å². The number of halogens is 3. The summed E-state index contributed by atoms with van der Waals surface area (Å²) in [4.78, 5) is 12.6. The first-order valence-corrected chi connectivity index (χ1v) is 11.3. The molecule has 1 aliphatic carbocycles. The Morgan fingerprint density at radius 1 is 1.31 bits per heavy atom. The number of hydrogen-bond donors (Lipinski definition) is 1. The normalized spacial score (nSPS) is 20.4. The molecule has 0 amide bonds. The molecule has 4 nitrogen and oxygen atoms in total. The fraction of sp³-hybridized carbons (Fsp3) is 0.600. The van der Waals surface area contributed by atoms with Crippen LogP contribution in [0.2, 0.25) is 0 Å². The summed E-state index contributed by atoms with van der Waals surface area (Å²) < 4.78 is 48.5. The molecule has 178 valence electrons. The highest BCUT2D eigenvalue weighted by atomic mass is 19.4. The van der Waals surface area contributed by atoms with E-state index < -0.39 is 24.4 Å². The van der Waals surface area contributed by atoms with Crippen LogP contribution in [0.15, 0.2) is 23.9 Å². The van der Waals surface area contributed by atoms with Gasteiger partial charge in [0.15, 0.2) is 6.61 Å². The van der Waals surface area contributed by atoms with Gasteiger partial charge in [0.25, 0.3) is 0 Å². The van der Waals surface area contributed by atoms with Crippen LogP contribution in [0.25, 0.3) is 0 Å². The van der Waals surface area contributed by atoms with Gasteiger partial charge in [-0.1, -0.05) is 33.6 Å². The SMILES string of the molecule is CC.CCCCCc1cc2c(c(O)c1C(=O)OCC(F)(F)F)C1C=C=CCC1C(C)(C)O2. The molecule has 3 rings (SSSR count). The molecule has 2 aliphatic rings. The summed E-state index contributed by atoms with van der Waals surface area (Å²) in [5, 5.41) is 11.1. The summed E-state index contributed by atoms with van der Waals surface area (Å²) in [6.07, 6.45) is 2.74. The zero-order chi connectivity index (χ0) is 24.1. The minimum Gasteiger partial charge on any atom is -0.507 e. The number of aromatic hydroxyl groups is 1. The van der Waals surface area contributed by atoms with Crippen LogP contribution in [0.3, 0.4) is 0 Å². The van der Waals surface area contributed by atoms with Crippen molar-refractivity contribution in [2.24, 2.45) is 5.92 Å². The Balaban J connectivity index is 0.00000176. The van der Waals surface area contributed by atoms with E-state index in [1.807, 2.05) is 46.8 Å². The number of phenols is 1. The minimum atomic E-state index is -4.64. The maximum atomic E-state index is 12.6. The van der Waals surface area contributed by atoms with Gasteiger partial charge < -0.3 is 14.6 Å². The molecular formula is C25H33F3O4. The van der Waals surface area contributed by atoms with Crippen molar-refractivity contribution < 1.29 is 32.5 Å². The van der Waals surface area contributed by atoms with E-state index in [1.54, 1.807) is 6.07 Å². The quantitative estimate of drug-likeness (QED) is 0.290. The molecule has 2 unspecified atom stereocenters. The van der Waals surface area contributed by atoms with Crippen LogP contribution in [0.5, 0.6) is 11.5 Å². The van der Waals surface area contributed by atoms with Crippen LogP contribution in [0.4, 0.5) is 13.2 Å². The van der Waals surface area contributed by atoms with Gasteiger partial charge in [-0.3, -0.25) is 0 Å². The summed E-state index contributed by atoms with van der Waals surface area (Å²) in [6, 6.07) is 1.68. The first-order valence-electron chi connectivity index (χ1n) is 11.3. The second-order valence-electron chi connectivity index (χ2n) is 8.43. The highest BCUT2D eigenvalue weighted by Gasteiger charge is 2.45. The number of esters is 1. The average molecular weight is 455 g/mol. The smallest absolute Gasteiger partial charge is 0.422 e. The van der Waals surface area contributed by atoms with E-state index in [4.69, 9.17) is 4.74 Å². The molecule has 0 radical (unpaired) electrons. The summed E-state index contributed by atoms with van der Waals surface area (Å²) in [5.41, 5.74) is 3.20. The predicted molar refractivity (Wildman–Crippen MR) is 117 cm³/mol. The molecule has 0 saturated carbocycles. The van der Waals surface area contributed by atoms with Crippen molar-refractivity contribution in [3.8, 4) is 11.5 Å². The molecule has 32 heavy (non-hydrogen) atoms. The number of rotatable bonds is 6. The highest BCUT2D eigenvalue weighted by molar-refractivity contribution is 5.95. The number of unbranched alkanes of at least 4 members (excludes halogenated alkanes) is 2. The topological polar surface area (TPSA) is 55.8 Å². The molecule has 1 N–H and O–H groups in total. The fourth-order valence-electron chi connectivity index (χ4n) is 4.32. The number of fused-ring (bicyclic) bond motifs is 3. The highest BCUT2D eigenvalue weighted by Crippen LogP contribution is 2.53. The maximum absolute atomic E-state index is 12.6. The number of benzene rings is 1. The van der Waals surface area contributed by atoms with Gasteiger partial charge in [0, 0.05) is 17.4 Å². The molecule has 0 saturated heterocycles. The van der Waals surface area contributed by atoms with Gasteiger partial charge in [0.2, 0.25) is 0 Å². The van der Waals surface area contributed by atoms with Crippen LogP contribution < -0.4 is 4.74 Å². The van der Waals surface area contributed by atoms with Gasteiger partial charge in [-0.05, 0) is 56.9 Å². The lowest BCUT2D eigenvalue weighted by atomic mass is 9.70. The molecule has 0 bridgehead atoms. The zero-order valence-corrected chi connectivity index (χ0v) is 19.4. The van der Waals surface area contributed by atoms with E-state index in [1.165, 1.54) is 0 Å².